The molecule has 2 rings (SSSR count). The van der Waals surface area contributed by atoms with E-state index in [0.29, 0.717) is 44.4 Å². The number of amides is 2. The molecule has 174 valence electrons. The zero-order chi connectivity index (χ0) is 23.3. The van der Waals surface area contributed by atoms with Crippen molar-refractivity contribution < 1.29 is 24.5 Å². The molecule has 1 heterocycles. The molecule has 1 unspecified atom stereocenters. The van der Waals surface area contributed by atoms with Crippen molar-refractivity contribution >= 4 is 11.8 Å². The van der Waals surface area contributed by atoms with Crippen molar-refractivity contribution in [1.29, 1.82) is 0 Å². The summed E-state index contributed by atoms with van der Waals surface area (Å²) in [6, 6.07) is 3.91. The predicted octanol–water partition coefficient (Wildman–Crippen LogP) is -0.519. The second-order valence-corrected chi connectivity index (χ2v) is 10.4. The summed E-state index contributed by atoms with van der Waals surface area (Å²) >= 11 is 0. The number of aryl methyl sites for hydroxylation is 1. The van der Waals surface area contributed by atoms with Gasteiger partial charge in [-0.15, -0.1) is 0 Å². The van der Waals surface area contributed by atoms with E-state index in [1.165, 1.54) is 10.5 Å². The molecule has 31 heavy (non-hydrogen) atoms. The number of likely N-dealkylation sites (N-methyl/N-ethyl adjacent to an activating group) is 1. The number of phenols is 1. The topological polar surface area (TPSA) is 78.5 Å². The fraction of sp³-hybridized carbons (Fsp3) is 0.667. The third-order valence-electron chi connectivity index (χ3n) is 5.78. The standard InChI is InChI=1S/C24H40N4O3/c1-17(2)20-13-19(21(29)12-18(20)3)14-26(7)16-23(31)28-10-8-27(9-11-28)15-22(30)25-24(4,5)6/h12-13,17,29H,8-11,14-16H2,1-7H3,(H,25,30)/p+2. The van der Waals surface area contributed by atoms with Gasteiger partial charge in [0, 0.05) is 11.1 Å². The van der Waals surface area contributed by atoms with Crippen molar-refractivity contribution in [2.75, 3.05) is 46.3 Å². The van der Waals surface area contributed by atoms with Crippen molar-refractivity contribution in [3.8, 4) is 5.75 Å². The van der Waals surface area contributed by atoms with Crippen LogP contribution in [0.4, 0.5) is 0 Å². The summed E-state index contributed by atoms with van der Waals surface area (Å²) in [6.45, 7) is 16.7. The molecule has 0 radical (unpaired) electrons. The Morgan fingerprint density at radius 1 is 1.23 bits per heavy atom. The summed E-state index contributed by atoms with van der Waals surface area (Å²) in [5.74, 6) is 0.890. The molecule has 4 N–H and O–H groups in total. The highest BCUT2D eigenvalue weighted by atomic mass is 16.3. The largest absolute Gasteiger partial charge is 0.507 e. The van der Waals surface area contributed by atoms with Crippen LogP contribution in [0.25, 0.3) is 0 Å². The van der Waals surface area contributed by atoms with Crippen LogP contribution in [0.1, 0.15) is 57.2 Å². The monoisotopic (exact) mass is 434 g/mol. The lowest BCUT2D eigenvalue weighted by Gasteiger charge is -2.32. The van der Waals surface area contributed by atoms with Crippen LogP contribution in [0.2, 0.25) is 0 Å². The van der Waals surface area contributed by atoms with E-state index >= 15 is 0 Å². The molecular weight excluding hydrogens is 392 g/mol. The van der Waals surface area contributed by atoms with Gasteiger partial charge in [0.2, 0.25) is 0 Å². The van der Waals surface area contributed by atoms with Crippen LogP contribution in [-0.2, 0) is 16.1 Å². The Balaban J connectivity index is 1.84. The van der Waals surface area contributed by atoms with Gasteiger partial charge in [0.05, 0.1) is 33.2 Å². The number of carbonyl (C=O) groups is 2. The summed E-state index contributed by atoms with van der Waals surface area (Å²) in [7, 11) is 1.99. The van der Waals surface area contributed by atoms with Gasteiger partial charge >= 0.3 is 0 Å². The molecule has 0 spiro atoms. The average molecular weight is 435 g/mol. The van der Waals surface area contributed by atoms with E-state index in [9.17, 15) is 14.7 Å². The molecule has 0 aromatic heterocycles. The third kappa shape index (κ3) is 7.82. The van der Waals surface area contributed by atoms with Crippen LogP contribution in [0.5, 0.6) is 5.75 Å². The number of nitrogens with one attached hydrogen (secondary N) is 3. The number of nitrogens with zero attached hydrogens (tertiary/aromatic N) is 1. The minimum atomic E-state index is -0.219. The molecule has 2 amide bonds. The highest BCUT2D eigenvalue weighted by Crippen LogP contribution is 2.26. The van der Waals surface area contributed by atoms with E-state index in [0.717, 1.165) is 29.1 Å². The van der Waals surface area contributed by atoms with E-state index in [1.807, 2.05) is 45.7 Å². The van der Waals surface area contributed by atoms with Gasteiger partial charge in [-0.2, -0.15) is 0 Å². The maximum atomic E-state index is 12.8. The number of carbonyl (C=O) groups excluding carboxylic acids is 2. The minimum Gasteiger partial charge on any atom is -0.507 e. The van der Waals surface area contributed by atoms with E-state index in [4.69, 9.17) is 0 Å². The van der Waals surface area contributed by atoms with Crippen LogP contribution in [0.15, 0.2) is 12.1 Å². The van der Waals surface area contributed by atoms with Gasteiger partial charge in [0.15, 0.2) is 13.1 Å². The summed E-state index contributed by atoms with van der Waals surface area (Å²) < 4.78 is 0. The first-order chi connectivity index (χ1) is 14.4. The smallest absolute Gasteiger partial charge is 0.278 e. The second kappa shape index (κ2) is 10.5. The van der Waals surface area contributed by atoms with Crippen LogP contribution in [-0.4, -0.2) is 73.7 Å². The Hall–Kier alpha value is -2.12. The highest BCUT2D eigenvalue weighted by Gasteiger charge is 2.28. The third-order valence-corrected chi connectivity index (χ3v) is 5.78. The molecule has 1 atom stereocenters. The van der Waals surface area contributed by atoms with E-state index in [1.54, 1.807) is 0 Å². The SMILES string of the molecule is Cc1cc(O)c(C[NH+](C)CC(=O)N2CC[NH+](CC(=O)NC(C)(C)C)CC2)cc1C(C)C. The van der Waals surface area contributed by atoms with Gasteiger partial charge < -0.3 is 25.1 Å². The molecular formula is C24H42N4O3+2. The first-order valence-corrected chi connectivity index (χ1v) is 11.4. The Labute approximate surface area is 187 Å². The van der Waals surface area contributed by atoms with Crippen molar-refractivity contribution in [3.63, 3.8) is 0 Å². The predicted molar refractivity (Wildman–Crippen MR) is 122 cm³/mol. The number of rotatable bonds is 7. The summed E-state index contributed by atoms with van der Waals surface area (Å²) in [6.07, 6.45) is 0. The lowest BCUT2D eigenvalue weighted by Crippen LogP contribution is -3.16. The van der Waals surface area contributed by atoms with Crippen LogP contribution in [0, 0.1) is 6.92 Å². The molecule has 1 saturated heterocycles. The number of hydrogen-bond donors (Lipinski definition) is 4. The maximum Gasteiger partial charge on any atom is 0.278 e. The Bertz CT molecular complexity index is 778. The van der Waals surface area contributed by atoms with E-state index in [-0.39, 0.29) is 17.4 Å². The summed E-state index contributed by atoms with van der Waals surface area (Å²) in [5, 5.41) is 13.4. The molecule has 1 aromatic carbocycles. The van der Waals surface area contributed by atoms with Crippen LogP contribution >= 0.6 is 0 Å². The van der Waals surface area contributed by atoms with Crippen molar-refractivity contribution in [3.05, 3.63) is 28.8 Å². The van der Waals surface area contributed by atoms with Crippen LogP contribution in [0.3, 0.4) is 0 Å². The Morgan fingerprint density at radius 2 is 1.84 bits per heavy atom. The molecule has 0 saturated carbocycles. The zero-order valence-corrected chi connectivity index (χ0v) is 20.4. The van der Waals surface area contributed by atoms with Gasteiger partial charge in [0.25, 0.3) is 11.8 Å². The Kier molecular flexibility index (Phi) is 8.49. The normalized spacial score (nSPS) is 16.5. The lowest BCUT2D eigenvalue weighted by molar-refractivity contribution is -0.897. The number of benzene rings is 1. The fourth-order valence-electron chi connectivity index (χ4n) is 4.22. The van der Waals surface area contributed by atoms with Gasteiger partial charge in [0.1, 0.15) is 12.3 Å². The van der Waals surface area contributed by atoms with Gasteiger partial charge in [-0.25, -0.2) is 0 Å². The Morgan fingerprint density at radius 3 is 2.39 bits per heavy atom. The van der Waals surface area contributed by atoms with Gasteiger partial charge in [-0.1, -0.05) is 13.8 Å². The zero-order valence-electron chi connectivity index (χ0n) is 20.4. The summed E-state index contributed by atoms with van der Waals surface area (Å²) in [4.78, 5) is 29.1. The first-order valence-electron chi connectivity index (χ1n) is 11.4. The van der Waals surface area contributed by atoms with Crippen molar-refractivity contribution in [1.82, 2.24) is 10.2 Å². The molecule has 7 nitrogen and oxygen atoms in total. The van der Waals surface area contributed by atoms with Crippen molar-refractivity contribution in [2.45, 2.75) is 59.5 Å². The molecule has 0 bridgehead atoms. The maximum absolute atomic E-state index is 12.8. The molecule has 1 aliphatic rings. The molecule has 0 aliphatic carbocycles. The van der Waals surface area contributed by atoms with Crippen molar-refractivity contribution in [2.24, 2.45) is 0 Å². The van der Waals surface area contributed by atoms with Gasteiger partial charge in [-0.3, -0.25) is 9.59 Å². The lowest BCUT2D eigenvalue weighted by atomic mass is 9.95. The quantitative estimate of drug-likeness (QED) is 0.466. The first kappa shape index (κ1) is 25.1. The minimum absolute atomic E-state index is 0.0603. The van der Waals surface area contributed by atoms with Gasteiger partial charge in [-0.05, 0) is 56.9 Å². The number of aromatic hydroxyl groups is 1. The summed E-state index contributed by atoms with van der Waals surface area (Å²) in [5.41, 5.74) is 3.01. The second-order valence-electron chi connectivity index (χ2n) is 10.4. The number of phenolic OH excluding ortho intramolecular Hbond substituents is 1. The molecule has 1 fully saturated rings. The number of quaternary nitrogens is 2. The number of hydrogen-bond acceptors (Lipinski definition) is 3. The van der Waals surface area contributed by atoms with E-state index in [2.05, 4.69) is 25.2 Å². The van der Waals surface area contributed by atoms with E-state index < -0.39 is 0 Å². The number of piperazine rings is 1. The molecule has 1 aliphatic heterocycles. The van der Waals surface area contributed by atoms with Crippen LogP contribution < -0.4 is 15.1 Å². The molecule has 7 heteroatoms. The fourth-order valence-corrected chi connectivity index (χ4v) is 4.22. The highest BCUT2D eigenvalue weighted by molar-refractivity contribution is 5.78. The molecule has 1 aromatic rings. The average Bonchev–Trinajstić information content (AvgIpc) is 2.62.